The van der Waals surface area contributed by atoms with Gasteiger partial charge in [0.05, 0.1) is 18.8 Å². The predicted octanol–water partition coefficient (Wildman–Crippen LogP) is 8.58. The van der Waals surface area contributed by atoms with Crippen LogP contribution in [0.2, 0.25) is 0 Å². The summed E-state index contributed by atoms with van der Waals surface area (Å²) in [6.45, 7) is 8.33. The van der Waals surface area contributed by atoms with Crippen molar-refractivity contribution in [3.8, 4) is 16.9 Å². The van der Waals surface area contributed by atoms with Gasteiger partial charge in [0.25, 0.3) is 5.91 Å². The van der Waals surface area contributed by atoms with Crippen LogP contribution in [0.5, 0.6) is 5.75 Å². The molecule has 0 aromatic heterocycles. The number of rotatable bonds is 10. The molecule has 9 heteroatoms. The Labute approximate surface area is 292 Å². The number of carbonyl (C=O) groups excluding carboxylic acids is 1. The fourth-order valence-corrected chi connectivity index (χ4v) is 7.06. The summed E-state index contributed by atoms with van der Waals surface area (Å²) < 4.78 is 48.5. The Morgan fingerprint density at radius 2 is 1.56 bits per heavy atom. The van der Waals surface area contributed by atoms with Crippen molar-refractivity contribution < 1.29 is 27.8 Å². The minimum atomic E-state index is -4.52. The summed E-state index contributed by atoms with van der Waals surface area (Å²) in [7, 11) is 1.50. The van der Waals surface area contributed by atoms with Crippen molar-refractivity contribution >= 4 is 23.7 Å². The third-order valence-electron chi connectivity index (χ3n) is 9.91. The molecule has 2 saturated heterocycles. The van der Waals surface area contributed by atoms with E-state index in [0.29, 0.717) is 35.7 Å². The summed E-state index contributed by atoms with van der Waals surface area (Å²) in [6, 6.07) is 21.7. The lowest BCUT2D eigenvalue weighted by molar-refractivity contribution is -0.137. The third kappa shape index (κ3) is 8.12. The Kier molecular flexibility index (Phi) is 10.8. The zero-order valence-electron chi connectivity index (χ0n) is 28.8. The van der Waals surface area contributed by atoms with E-state index in [4.69, 9.17) is 4.74 Å². The molecule has 2 heterocycles. The van der Waals surface area contributed by atoms with Gasteiger partial charge >= 0.3 is 6.18 Å². The number of amides is 1. The Morgan fingerprint density at radius 1 is 0.880 bits per heavy atom. The van der Waals surface area contributed by atoms with Gasteiger partial charge in [-0.05, 0) is 115 Å². The smallest absolute Gasteiger partial charge is 0.417 e. The average Bonchev–Trinajstić information content (AvgIpc) is 3.76. The molecular weight excluding hydrogens is 639 g/mol. The van der Waals surface area contributed by atoms with Crippen LogP contribution in [-0.2, 0) is 19.3 Å². The summed E-state index contributed by atoms with van der Waals surface area (Å²) in [4.78, 5) is 17.6. The number of carbonyl (C=O) groups is 1. The maximum atomic E-state index is 14.3. The van der Waals surface area contributed by atoms with Gasteiger partial charge in [-0.3, -0.25) is 14.6 Å². The number of nitrogens with one attached hydrogen (secondary N) is 1. The Bertz CT molecular complexity index is 1860. The third-order valence-corrected chi connectivity index (χ3v) is 9.91. The van der Waals surface area contributed by atoms with Crippen molar-refractivity contribution in [1.82, 2.24) is 9.80 Å². The lowest BCUT2D eigenvalue weighted by Gasteiger charge is -2.20. The van der Waals surface area contributed by atoms with Gasteiger partial charge < -0.3 is 15.2 Å². The minimum absolute atomic E-state index is 0.0492. The maximum absolute atomic E-state index is 14.3. The molecule has 0 radical (unpaired) electrons. The molecule has 0 unspecified atom stereocenters. The Hall–Kier alpha value is -4.44. The van der Waals surface area contributed by atoms with E-state index in [-0.39, 0.29) is 17.6 Å². The van der Waals surface area contributed by atoms with Gasteiger partial charge in [-0.2, -0.15) is 13.2 Å². The molecule has 6 nitrogen and oxygen atoms in total. The van der Waals surface area contributed by atoms with Crippen molar-refractivity contribution in [2.24, 2.45) is 0 Å². The number of benzene rings is 4. The molecule has 2 fully saturated rings. The number of halogens is 3. The highest BCUT2D eigenvalue weighted by Gasteiger charge is 2.34. The van der Waals surface area contributed by atoms with Crippen molar-refractivity contribution in [1.29, 1.82) is 0 Å². The monoisotopic (exact) mass is 683 g/mol. The van der Waals surface area contributed by atoms with Gasteiger partial charge in [-0.15, -0.1) is 0 Å². The molecule has 0 saturated carbocycles. The van der Waals surface area contributed by atoms with Crippen LogP contribution in [0.1, 0.15) is 68.6 Å². The van der Waals surface area contributed by atoms with E-state index in [0.717, 1.165) is 78.8 Å². The van der Waals surface area contributed by atoms with Gasteiger partial charge in [0, 0.05) is 43.0 Å². The van der Waals surface area contributed by atoms with Crippen molar-refractivity contribution in [3.63, 3.8) is 0 Å². The number of nitrogens with zero attached hydrogens (tertiary/aromatic N) is 2. The number of aliphatic hydroxyl groups excluding tert-OH is 1. The second-order valence-electron chi connectivity index (χ2n) is 13.4. The zero-order chi connectivity index (χ0) is 35.4. The van der Waals surface area contributed by atoms with Crippen LogP contribution >= 0.6 is 0 Å². The van der Waals surface area contributed by atoms with E-state index in [2.05, 4.69) is 15.1 Å². The second kappa shape index (κ2) is 15.2. The summed E-state index contributed by atoms with van der Waals surface area (Å²) in [5.74, 6) is 0.229. The standard InChI is InChI=1S/C41H44F3N3O3/c1-27-30(16-17-32-23-39(50-3)33(22-37(32)41(42,43)44)25-46-19-4-5-20-46)8-6-9-35(27)36-10-7-11-38(28(36)2)45-40(49)31-14-12-29(13-15-31)24-47-21-18-34(48)26-47/h6-17,22-23,34,48H,4-5,18-21,24-26H2,1-3H3,(H,45,49)/b17-16+/t34-/m1/s1. The summed E-state index contributed by atoms with van der Waals surface area (Å²) in [5, 5.41) is 12.9. The molecule has 4 aromatic carbocycles. The van der Waals surface area contributed by atoms with Crippen molar-refractivity contribution in [3.05, 3.63) is 117 Å². The number of hydrogen-bond donors (Lipinski definition) is 2. The SMILES string of the molecule is COc1cc(/C=C/c2cccc(-c3cccc(NC(=O)c4ccc(CN5CC[C@@H](O)C5)cc4)c3C)c2C)c(C(F)(F)F)cc1CN1CCCC1. The number of anilines is 1. The van der Waals surface area contributed by atoms with E-state index in [1.54, 1.807) is 6.08 Å². The van der Waals surface area contributed by atoms with E-state index >= 15 is 0 Å². The molecule has 2 aliphatic rings. The van der Waals surface area contributed by atoms with Gasteiger partial charge in [0.15, 0.2) is 0 Å². The largest absolute Gasteiger partial charge is 0.496 e. The molecule has 50 heavy (non-hydrogen) atoms. The molecule has 262 valence electrons. The molecule has 0 aliphatic carbocycles. The summed E-state index contributed by atoms with van der Waals surface area (Å²) in [5.41, 5.74) is 6.63. The lowest BCUT2D eigenvalue weighted by Crippen LogP contribution is -2.21. The molecule has 0 bridgehead atoms. The van der Waals surface area contributed by atoms with Crippen LogP contribution in [0.25, 0.3) is 23.3 Å². The fraction of sp³-hybridized carbons (Fsp3) is 0.341. The highest BCUT2D eigenvalue weighted by molar-refractivity contribution is 6.05. The van der Waals surface area contributed by atoms with Crippen LogP contribution in [0, 0.1) is 13.8 Å². The second-order valence-corrected chi connectivity index (χ2v) is 13.4. The van der Waals surface area contributed by atoms with Crippen molar-refractivity contribution in [2.45, 2.75) is 58.5 Å². The van der Waals surface area contributed by atoms with Crippen LogP contribution in [0.3, 0.4) is 0 Å². The van der Waals surface area contributed by atoms with E-state index < -0.39 is 11.7 Å². The van der Waals surface area contributed by atoms with E-state index in [9.17, 15) is 23.1 Å². The molecule has 4 aromatic rings. The Morgan fingerprint density at radius 3 is 2.22 bits per heavy atom. The van der Waals surface area contributed by atoms with Crippen LogP contribution in [-0.4, -0.2) is 60.2 Å². The van der Waals surface area contributed by atoms with Crippen LogP contribution in [0.15, 0.2) is 72.8 Å². The quantitative estimate of drug-likeness (QED) is 0.164. The summed E-state index contributed by atoms with van der Waals surface area (Å²) in [6.07, 6.45) is 1.32. The number of likely N-dealkylation sites (tertiary alicyclic amines) is 2. The molecular formula is C41H44F3N3O3. The molecule has 2 N–H and O–H groups in total. The molecule has 6 rings (SSSR count). The lowest BCUT2D eigenvalue weighted by atomic mass is 9.92. The first-order chi connectivity index (χ1) is 24.0. The van der Waals surface area contributed by atoms with Crippen molar-refractivity contribution in [2.75, 3.05) is 38.6 Å². The normalized spacial score (nSPS) is 17.1. The highest BCUT2D eigenvalue weighted by atomic mass is 19.4. The number of methoxy groups -OCH3 is 1. The number of hydrogen-bond acceptors (Lipinski definition) is 5. The zero-order valence-corrected chi connectivity index (χ0v) is 28.8. The molecule has 2 aliphatic heterocycles. The predicted molar refractivity (Wildman–Crippen MR) is 193 cm³/mol. The van der Waals surface area contributed by atoms with Crippen LogP contribution < -0.4 is 10.1 Å². The number of aliphatic hydroxyl groups is 1. The Balaban J connectivity index is 1.22. The molecule has 1 amide bonds. The minimum Gasteiger partial charge on any atom is -0.496 e. The fourth-order valence-electron chi connectivity index (χ4n) is 7.06. The highest BCUT2D eigenvalue weighted by Crippen LogP contribution is 2.38. The number of alkyl halides is 3. The number of ether oxygens (including phenoxy) is 1. The molecule has 1 atom stereocenters. The van der Waals surface area contributed by atoms with Gasteiger partial charge in [-0.1, -0.05) is 54.6 Å². The topological polar surface area (TPSA) is 65.0 Å². The first-order valence-electron chi connectivity index (χ1n) is 17.2. The first-order valence-corrected chi connectivity index (χ1v) is 17.2. The van der Waals surface area contributed by atoms with Gasteiger partial charge in [0.2, 0.25) is 0 Å². The van der Waals surface area contributed by atoms with Gasteiger partial charge in [-0.25, -0.2) is 0 Å². The van der Waals surface area contributed by atoms with Gasteiger partial charge in [0.1, 0.15) is 5.75 Å². The number of β-amino-alcohol motifs (C(OH)–C–C–N with tert-alkyl or cyclic N) is 1. The first kappa shape index (κ1) is 35.4. The average molecular weight is 684 g/mol. The van der Waals surface area contributed by atoms with E-state index in [1.807, 2.05) is 74.5 Å². The molecule has 0 spiro atoms. The van der Waals surface area contributed by atoms with E-state index in [1.165, 1.54) is 25.3 Å². The maximum Gasteiger partial charge on any atom is 0.417 e. The summed E-state index contributed by atoms with van der Waals surface area (Å²) >= 11 is 0. The van der Waals surface area contributed by atoms with Crippen LogP contribution in [0.4, 0.5) is 18.9 Å².